The summed E-state index contributed by atoms with van der Waals surface area (Å²) < 4.78 is 42.4. The van der Waals surface area contributed by atoms with Gasteiger partial charge in [0.05, 0.1) is 44.2 Å². The molecule has 9 N–H and O–H groups in total. The molecule has 3 atom stereocenters. The first kappa shape index (κ1) is 31.2. The predicted molar refractivity (Wildman–Crippen MR) is 143 cm³/mol. The molecule has 0 bridgehead atoms. The Hall–Kier alpha value is -4.70. The van der Waals surface area contributed by atoms with Crippen LogP contribution in [0.2, 0.25) is 0 Å². The van der Waals surface area contributed by atoms with Crippen molar-refractivity contribution in [3.8, 4) is 46.0 Å². The summed E-state index contributed by atoms with van der Waals surface area (Å²) in [5.41, 5.74) is 4.76. The van der Waals surface area contributed by atoms with E-state index >= 15 is 0 Å². The molecule has 15 heteroatoms. The summed E-state index contributed by atoms with van der Waals surface area (Å²) >= 11 is 0. The van der Waals surface area contributed by atoms with Crippen LogP contribution < -0.4 is 10.5 Å². The van der Waals surface area contributed by atoms with Crippen molar-refractivity contribution in [1.29, 1.82) is 0 Å². The van der Waals surface area contributed by atoms with Gasteiger partial charge in [0.25, 0.3) is 0 Å². The van der Waals surface area contributed by atoms with Gasteiger partial charge in [-0.15, -0.1) is 0 Å². The van der Waals surface area contributed by atoms with Crippen LogP contribution in [0.5, 0.6) is 46.0 Å². The van der Waals surface area contributed by atoms with Gasteiger partial charge in [0, 0.05) is 24.2 Å². The average Bonchev–Trinajstić information content (AvgIpc) is 2.95. The molecule has 4 rings (SSSR count). The number of esters is 1. The number of halogens is 1. The number of rotatable bonds is 12. The smallest absolute Gasteiger partial charge is 0.338 e. The van der Waals surface area contributed by atoms with Crippen LogP contribution in [-0.2, 0) is 18.9 Å². The highest BCUT2D eigenvalue weighted by atomic mass is 19.1. The number of carbonyl (C=O) groups is 1. The summed E-state index contributed by atoms with van der Waals surface area (Å²) in [6.45, 7) is 1.05. The van der Waals surface area contributed by atoms with Crippen LogP contribution in [0.15, 0.2) is 36.4 Å². The van der Waals surface area contributed by atoms with E-state index in [0.717, 1.165) is 30.3 Å². The molecule has 3 aromatic rings. The molecule has 1 heterocycles. The van der Waals surface area contributed by atoms with E-state index in [2.05, 4.69) is 0 Å². The first-order valence-corrected chi connectivity index (χ1v) is 12.9. The third-order valence-electron chi connectivity index (χ3n) is 6.34. The lowest BCUT2D eigenvalue weighted by atomic mass is 9.90. The van der Waals surface area contributed by atoms with Gasteiger partial charge in [0.15, 0.2) is 46.8 Å². The van der Waals surface area contributed by atoms with Crippen molar-refractivity contribution in [3.05, 3.63) is 58.9 Å². The quantitative estimate of drug-likeness (QED) is 0.0838. The topological polar surface area (TPSA) is 231 Å². The first-order chi connectivity index (χ1) is 20.5. The Morgan fingerprint density at radius 2 is 1.42 bits per heavy atom. The SMILES string of the molecule is NCCOCCOCCOC1c2c(O)cc(O)cc2OC(c2cc(O)c(O)c(O)c2)C1OC(=O)c1cc(O)c(O)c(F)c1. The number of ether oxygens (including phenoxy) is 5. The van der Waals surface area contributed by atoms with Crippen molar-refractivity contribution < 1.29 is 68.6 Å². The molecule has 3 aromatic carbocycles. The number of phenols is 7. The van der Waals surface area contributed by atoms with E-state index < -0.39 is 75.9 Å². The van der Waals surface area contributed by atoms with Crippen molar-refractivity contribution >= 4 is 5.97 Å². The van der Waals surface area contributed by atoms with Gasteiger partial charge in [-0.05, 0) is 24.3 Å². The molecule has 0 fully saturated rings. The second kappa shape index (κ2) is 13.5. The summed E-state index contributed by atoms with van der Waals surface area (Å²) in [6, 6.07) is 5.55. The molecule has 3 unspecified atom stereocenters. The van der Waals surface area contributed by atoms with E-state index in [0.29, 0.717) is 19.2 Å². The third-order valence-corrected chi connectivity index (χ3v) is 6.34. The fourth-order valence-corrected chi connectivity index (χ4v) is 4.39. The fraction of sp³-hybridized carbons (Fsp3) is 0.321. The number of nitrogens with two attached hydrogens (primary N) is 1. The van der Waals surface area contributed by atoms with Gasteiger partial charge in [-0.3, -0.25) is 0 Å². The monoisotopic (exact) mass is 607 g/mol. The molecule has 14 nitrogen and oxygen atoms in total. The second-order valence-electron chi connectivity index (χ2n) is 9.32. The van der Waals surface area contributed by atoms with E-state index in [9.17, 15) is 44.9 Å². The third kappa shape index (κ3) is 7.03. The van der Waals surface area contributed by atoms with Crippen molar-refractivity contribution in [2.45, 2.75) is 18.3 Å². The highest BCUT2D eigenvalue weighted by Gasteiger charge is 2.45. The number of benzene rings is 3. The normalized spacial score (nSPS) is 17.7. The number of aromatic hydroxyl groups is 7. The van der Waals surface area contributed by atoms with Crippen LogP contribution in [0.25, 0.3) is 0 Å². The average molecular weight is 608 g/mol. The molecule has 0 spiro atoms. The predicted octanol–water partition coefficient (Wildman–Crippen LogP) is 2.17. The van der Waals surface area contributed by atoms with Crippen molar-refractivity contribution in [3.63, 3.8) is 0 Å². The number of phenolic OH excluding ortho intramolecular Hbond substituents is 7. The highest BCUT2D eigenvalue weighted by molar-refractivity contribution is 5.90. The minimum Gasteiger partial charge on any atom is -0.508 e. The van der Waals surface area contributed by atoms with Crippen molar-refractivity contribution in [1.82, 2.24) is 0 Å². The lowest BCUT2D eigenvalue weighted by Crippen LogP contribution is -2.40. The molecule has 43 heavy (non-hydrogen) atoms. The highest BCUT2D eigenvalue weighted by Crippen LogP contribution is 2.51. The Morgan fingerprint density at radius 3 is 2.07 bits per heavy atom. The standard InChI is InChI=1S/C28H30FNO13/c29-16-7-14(10-18(33)23(16)36)28(38)43-27-25(13-8-19(34)24(37)20(35)9-13)42-21-12-15(31)11-17(32)22(21)26(27)41-6-5-40-4-3-39-2-1-30/h7-12,25-27,31-37H,1-6,30H2. The molecule has 0 aromatic heterocycles. The minimum atomic E-state index is -1.55. The molecule has 1 aliphatic rings. The van der Waals surface area contributed by atoms with E-state index in [1.54, 1.807) is 0 Å². The summed E-state index contributed by atoms with van der Waals surface area (Å²) in [6.07, 6.45) is -4.34. The zero-order chi connectivity index (χ0) is 31.3. The van der Waals surface area contributed by atoms with Gasteiger partial charge in [-0.25, -0.2) is 9.18 Å². The van der Waals surface area contributed by atoms with Gasteiger partial charge >= 0.3 is 5.97 Å². The van der Waals surface area contributed by atoms with Crippen molar-refractivity contribution in [2.24, 2.45) is 5.73 Å². The van der Waals surface area contributed by atoms with E-state index in [1.165, 1.54) is 0 Å². The lowest BCUT2D eigenvalue weighted by Gasteiger charge is -2.39. The number of fused-ring (bicyclic) bond motifs is 1. The van der Waals surface area contributed by atoms with Gasteiger partial charge in [0.2, 0.25) is 0 Å². The van der Waals surface area contributed by atoms with E-state index in [-0.39, 0.29) is 43.3 Å². The van der Waals surface area contributed by atoms with Gasteiger partial charge in [-0.1, -0.05) is 0 Å². The van der Waals surface area contributed by atoms with Crippen LogP contribution in [-0.4, -0.2) is 87.4 Å². The molecule has 0 saturated heterocycles. The first-order valence-electron chi connectivity index (χ1n) is 12.9. The Kier molecular flexibility index (Phi) is 9.82. The van der Waals surface area contributed by atoms with Gasteiger partial charge in [-0.2, -0.15) is 0 Å². The van der Waals surface area contributed by atoms with Gasteiger partial charge in [0.1, 0.15) is 23.4 Å². The zero-order valence-corrected chi connectivity index (χ0v) is 22.5. The van der Waals surface area contributed by atoms with E-state index in [1.807, 2.05) is 0 Å². The Balaban J connectivity index is 1.72. The second-order valence-corrected chi connectivity index (χ2v) is 9.32. The zero-order valence-electron chi connectivity index (χ0n) is 22.5. The molecular formula is C28H30FNO13. The minimum absolute atomic E-state index is 0.0146. The molecule has 0 saturated carbocycles. The fourth-order valence-electron chi connectivity index (χ4n) is 4.39. The van der Waals surface area contributed by atoms with Crippen molar-refractivity contribution in [2.75, 3.05) is 39.6 Å². The molecule has 232 valence electrons. The number of carbonyl (C=O) groups excluding carboxylic acids is 1. The molecule has 0 amide bonds. The largest absolute Gasteiger partial charge is 0.508 e. The summed E-state index contributed by atoms with van der Waals surface area (Å²) in [5.74, 6) is -7.89. The van der Waals surface area contributed by atoms with E-state index in [4.69, 9.17) is 29.4 Å². The maximum absolute atomic E-state index is 14.1. The van der Waals surface area contributed by atoms with Crippen LogP contribution >= 0.6 is 0 Å². The summed E-state index contributed by atoms with van der Waals surface area (Å²) in [7, 11) is 0. The molecule has 1 aliphatic heterocycles. The maximum atomic E-state index is 14.1. The Labute approximate surface area is 243 Å². The van der Waals surface area contributed by atoms with Crippen LogP contribution in [0.4, 0.5) is 4.39 Å². The molecule has 0 radical (unpaired) electrons. The van der Waals surface area contributed by atoms with Gasteiger partial charge < -0.3 is 65.2 Å². The van der Waals surface area contributed by atoms with Crippen LogP contribution in [0.1, 0.15) is 33.7 Å². The number of hydrogen-bond acceptors (Lipinski definition) is 14. The lowest BCUT2D eigenvalue weighted by molar-refractivity contribution is -0.118. The Morgan fingerprint density at radius 1 is 0.791 bits per heavy atom. The summed E-state index contributed by atoms with van der Waals surface area (Å²) in [5, 5.41) is 70.4. The molecular weight excluding hydrogens is 577 g/mol. The molecule has 0 aliphatic carbocycles. The number of hydrogen-bond donors (Lipinski definition) is 8. The summed E-state index contributed by atoms with van der Waals surface area (Å²) in [4.78, 5) is 13.2. The Bertz CT molecular complexity index is 1420. The van der Waals surface area contributed by atoms with Crippen LogP contribution in [0, 0.1) is 5.82 Å². The maximum Gasteiger partial charge on any atom is 0.338 e. The van der Waals surface area contributed by atoms with Crippen LogP contribution in [0.3, 0.4) is 0 Å².